The predicted octanol–water partition coefficient (Wildman–Crippen LogP) is 2.67. The van der Waals surface area contributed by atoms with Gasteiger partial charge in [-0.05, 0) is 36.4 Å². The Hall–Kier alpha value is -2.94. The minimum atomic E-state index is -0.757. The summed E-state index contributed by atoms with van der Waals surface area (Å²) in [7, 11) is 0. The molecular formula is C14H9F2N3O. The first-order valence-electron chi connectivity index (χ1n) is 5.57. The summed E-state index contributed by atoms with van der Waals surface area (Å²) in [6, 6.07) is 8.70. The van der Waals surface area contributed by atoms with Crippen molar-refractivity contribution < 1.29 is 13.6 Å². The molecule has 0 bridgehead atoms. The molecule has 2 aromatic carbocycles. The molecule has 0 heterocycles. The van der Waals surface area contributed by atoms with Crippen LogP contribution in [0.3, 0.4) is 0 Å². The molecule has 0 aliphatic heterocycles. The number of rotatable bonds is 2. The van der Waals surface area contributed by atoms with Gasteiger partial charge in [0, 0.05) is 5.69 Å². The van der Waals surface area contributed by atoms with Crippen molar-refractivity contribution >= 4 is 17.3 Å². The highest BCUT2D eigenvalue weighted by molar-refractivity contribution is 6.07. The summed E-state index contributed by atoms with van der Waals surface area (Å²) in [5, 5.41) is 10.9. The number of carbonyl (C=O) groups excluding carboxylic acids is 1. The number of nitrogen functional groups attached to an aromatic ring is 1. The zero-order valence-electron chi connectivity index (χ0n) is 10.2. The lowest BCUT2D eigenvalue weighted by Gasteiger charge is -2.08. The third-order valence-electron chi connectivity index (χ3n) is 2.61. The number of nitrogens with zero attached hydrogens (tertiary/aromatic N) is 1. The number of hydrogen-bond acceptors (Lipinski definition) is 3. The Morgan fingerprint density at radius 1 is 1.20 bits per heavy atom. The van der Waals surface area contributed by atoms with Crippen LogP contribution in [0.1, 0.15) is 15.9 Å². The van der Waals surface area contributed by atoms with Gasteiger partial charge in [-0.2, -0.15) is 5.26 Å². The van der Waals surface area contributed by atoms with Gasteiger partial charge in [-0.15, -0.1) is 0 Å². The van der Waals surface area contributed by atoms with E-state index in [1.165, 1.54) is 18.2 Å². The van der Waals surface area contributed by atoms with Gasteiger partial charge in [-0.3, -0.25) is 4.79 Å². The molecule has 0 spiro atoms. The van der Waals surface area contributed by atoms with Crippen molar-refractivity contribution in [1.82, 2.24) is 0 Å². The molecule has 2 aromatic rings. The molecule has 0 aliphatic rings. The third-order valence-corrected chi connectivity index (χ3v) is 2.61. The van der Waals surface area contributed by atoms with E-state index in [0.717, 1.165) is 18.2 Å². The predicted molar refractivity (Wildman–Crippen MR) is 69.9 cm³/mol. The minimum absolute atomic E-state index is 0.0814. The minimum Gasteiger partial charge on any atom is -0.398 e. The second kappa shape index (κ2) is 5.36. The quantitative estimate of drug-likeness (QED) is 0.825. The SMILES string of the molecule is N#Cc1ccc(NC(=O)c2cc(F)ccc2N)c(F)c1. The summed E-state index contributed by atoms with van der Waals surface area (Å²) in [6.07, 6.45) is 0. The summed E-state index contributed by atoms with van der Waals surface area (Å²) in [4.78, 5) is 11.9. The zero-order chi connectivity index (χ0) is 14.7. The molecule has 0 fully saturated rings. The summed E-state index contributed by atoms with van der Waals surface area (Å²) >= 11 is 0. The Morgan fingerprint density at radius 3 is 2.60 bits per heavy atom. The summed E-state index contributed by atoms with van der Waals surface area (Å²) in [5.74, 6) is -2.11. The van der Waals surface area contributed by atoms with Gasteiger partial charge < -0.3 is 11.1 Å². The zero-order valence-corrected chi connectivity index (χ0v) is 10.2. The van der Waals surface area contributed by atoms with Crippen molar-refractivity contribution in [1.29, 1.82) is 5.26 Å². The lowest BCUT2D eigenvalue weighted by Crippen LogP contribution is -2.15. The van der Waals surface area contributed by atoms with Gasteiger partial charge >= 0.3 is 0 Å². The summed E-state index contributed by atoms with van der Waals surface area (Å²) in [5.41, 5.74) is 5.57. The number of hydrogen-bond donors (Lipinski definition) is 2. The number of amides is 1. The number of nitrogens with one attached hydrogen (secondary N) is 1. The van der Waals surface area contributed by atoms with Gasteiger partial charge in [0.1, 0.15) is 11.6 Å². The van der Waals surface area contributed by atoms with Crippen molar-refractivity contribution in [3.8, 4) is 6.07 Å². The van der Waals surface area contributed by atoms with Crippen LogP contribution in [-0.4, -0.2) is 5.91 Å². The van der Waals surface area contributed by atoms with E-state index in [1.54, 1.807) is 6.07 Å². The Kier molecular flexibility index (Phi) is 3.62. The van der Waals surface area contributed by atoms with Crippen LogP contribution < -0.4 is 11.1 Å². The number of nitrogens with two attached hydrogens (primary N) is 1. The largest absolute Gasteiger partial charge is 0.398 e. The fourth-order valence-corrected chi connectivity index (χ4v) is 1.60. The van der Waals surface area contributed by atoms with Gasteiger partial charge in [0.2, 0.25) is 0 Å². The Balaban J connectivity index is 2.28. The molecule has 0 unspecified atom stereocenters. The lowest BCUT2D eigenvalue weighted by atomic mass is 10.1. The monoisotopic (exact) mass is 273 g/mol. The van der Waals surface area contributed by atoms with Crippen molar-refractivity contribution in [2.75, 3.05) is 11.1 Å². The molecule has 20 heavy (non-hydrogen) atoms. The van der Waals surface area contributed by atoms with E-state index >= 15 is 0 Å². The van der Waals surface area contributed by atoms with Gasteiger partial charge in [-0.1, -0.05) is 0 Å². The number of carbonyl (C=O) groups is 1. The van der Waals surface area contributed by atoms with Crippen molar-refractivity contribution in [3.63, 3.8) is 0 Å². The fourth-order valence-electron chi connectivity index (χ4n) is 1.60. The smallest absolute Gasteiger partial charge is 0.257 e. The van der Waals surface area contributed by atoms with Crippen LogP contribution in [0.5, 0.6) is 0 Å². The standard InChI is InChI=1S/C14H9F2N3O/c15-9-2-3-12(18)10(6-9)14(20)19-13-4-1-8(7-17)5-11(13)16/h1-6H,18H2,(H,19,20). The molecule has 0 aromatic heterocycles. The highest BCUT2D eigenvalue weighted by Crippen LogP contribution is 2.19. The highest BCUT2D eigenvalue weighted by atomic mass is 19.1. The maximum atomic E-state index is 13.6. The van der Waals surface area contributed by atoms with E-state index < -0.39 is 17.5 Å². The second-order valence-electron chi connectivity index (χ2n) is 3.99. The van der Waals surface area contributed by atoms with Gasteiger partial charge in [0.05, 0.1) is 22.9 Å². The molecule has 1 amide bonds. The molecule has 0 saturated carbocycles. The van der Waals surface area contributed by atoms with Crippen LogP contribution in [0.2, 0.25) is 0 Å². The molecule has 0 atom stereocenters. The molecule has 0 aliphatic carbocycles. The van der Waals surface area contributed by atoms with E-state index in [2.05, 4.69) is 5.32 Å². The second-order valence-corrected chi connectivity index (χ2v) is 3.99. The first-order chi connectivity index (χ1) is 9.51. The van der Waals surface area contributed by atoms with E-state index in [4.69, 9.17) is 11.0 Å². The van der Waals surface area contributed by atoms with Gasteiger partial charge in [-0.25, -0.2) is 8.78 Å². The molecule has 6 heteroatoms. The molecule has 100 valence electrons. The molecule has 0 radical (unpaired) electrons. The van der Waals surface area contributed by atoms with Crippen LogP contribution in [0, 0.1) is 23.0 Å². The molecule has 0 saturated heterocycles. The van der Waals surface area contributed by atoms with E-state index in [1.807, 2.05) is 0 Å². The molecule has 4 nitrogen and oxygen atoms in total. The van der Waals surface area contributed by atoms with Crippen LogP contribution in [0.25, 0.3) is 0 Å². The van der Waals surface area contributed by atoms with E-state index in [0.29, 0.717) is 0 Å². The van der Waals surface area contributed by atoms with Crippen molar-refractivity contribution in [3.05, 3.63) is 59.2 Å². The highest BCUT2D eigenvalue weighted by Gasteiger charge is 2.13. The lowest BCUT2D eigenvalue weighted by molar-refractivity contribution is 0.102. The van der Waals surface area contributed by atoms with Crippen LogP contribution in [0.15, 0.2) is 36.4 Å². The molecule has 2 rings (SSSR count). The average molecular weight is 273 g/mol. The maximum Gasteiger partial charge on any atom is 0.257 e. The third kappa shape index (κ3) is 2.72. The summed E-state index contributed by atoms with van der Waals surface area (Å²) < 4.78 is 26.7. The topological polar surface area (TPSA) is 78.9 Å². The van der Waals surface area contributed by atoms with Crippen LogP contribution in [0.4, 0.5) is 20.2 Å². The van der Waals surface area contributed by atoms with Gasteiger partial charge in [0.15, 0.2) is 0 Å². The van der Waals surface area contributed by atoms with E-state index in [9.17, 15) is 13.6 Å². The number of halogens is 2. The summed E-state index contributed by atoms with van der Waals surface area (Å²) in [6.45, 7) is 0. The van der Waals surface area contributed by atoms with Crippen molar-refractivity contribution in [2.24, 2.45) is 0 Å². The average Bonchev–Trinajstić information content (AvgIpc) is 2.43. The number of nitriles is 1. The molecular weight excluding hydrogens is 264 g/mol. The number of benzene rings is 2. The van der Waals surface area contributed by atoms with E-state index in [-0.39, 0.29) is 22.5 Å². The van der Waals surface area contributed by atoms with Gasteiger partial charge in [0.25, 0.3) is 5.91 Å². The van der Waals surface area contributed by atoms with Crippen LogP contribution >= 0.6 is 0 Å². The first kappa shape index (κ1) is 13.5. The van der Waals surface area contributed by atoms with Crippen LogP contribution in [-0.2, 0) is 0 Å². The fraction of sp³-hybridized carbons (Fsp3) is 0. The first-order valence-corrected chi connectivity index (χ1v) is 5.57. The maximum absolute atomic E-state index is 13.6. The number of anilines is 2. The Morgan fingerprint density at radius 2 is 1.95 bits per heavy atom. The Bertz CT molecular complexity index is 723. The normalized spacial score (nSPS) is 9.85. The van der Waals surface area contributed by atoms with Crippen molar-refractivity contribution in [2.45, 2.75) is 0 Å². The molecule has 3 N–H and O–H groups in total. The Labute approximate surface area is 113 Å².